The third kappa shape index (κ3) is 9.43. The molecule has 2 heterocycles. The number of aromatic nitrogens is 2. The minimum atomic E-state index is -1.33. The molecule has 0 unspecified atom stereocenters. The molecule has 54 heavy (non-hydrogen) atoms. The van der Waals surface area contributed by atoms with Gasteiger partial charge in [0.1, 0.15) is 6.61 Å². The fourth-order valence-corrected chi connectivity index (χ4v) is 5.55. The zero-order chi connectivity index (χ0) is 40.4. The van der Waals surface area contributed by atoms with Gasteiger partial charge in [0.25, 0.3) is 11.4 Å². The molecule has 0 radical (unpaired) electrons. The number of rotatable bonds is 12. The number of hydrogen-bond donors (Lipinski definition) is 1. The summed E-state index contributed by atoms with van der Waals surface area (Å²) >= 11 is 0. The molecule has 1 N–H and O–H groups in total. The number of aryl methyl sites for hydroxylation is 4. The van der Waals surface area contributed by atoms with Crippen LogP contribution in [0.5, 0.6) is 0 Å². The number of para-hydroxylation sites is 1. The number of ether oxygens (including phenoxy) is 4. The fraction of sp³-hybridized carbons (Fsp3) is 0.297. The minimum Gasteiger partial charge on any atom is -0.478 e. The number of esters is 3. The SMILES string of the molecule is COC(=O)c1c(C)nc(C)c(C(=O)O)c1-c1ccccc1[N+](=O)[O-].COCCOC(=O)c1c(C)nc(C)c(C(=O)OC(C)C)c1-c1cccc([N+](=O)[O-])c1. The first-order chi connectivity index (χ1) is 25.5. The van der Waals surface area contributed by atoms with Crippen LogP contribution in [0.3, 0.4) is 0 Å². The van der Waals surface area contributed by atoms with Crippen molar-refractivity contribution < 1.29 is 53.1 Å². The smallest absolute Gasteiger partial charge is 0.340 e. The Bertz CT molecular complexity index is 2130. The maximum atomic E-state index is 12.9. The van der Waals surface area contributed by atoms with Crippen LogP contribution < -0.4 is 0 Å². The largest absolute Gasteiger partial charge is 0.478 e. The number of carbonyl (C=O) groups excluding carboxylic acids is 3. The van der Waals surface area contributed by atoms with Crippen LogP contribution in [0.25, 0.3) is 22.3 Å². The molecule has 17 nitrogen and oxygen atoms in total. The van der Waals surface area contributed by atoms with Crippen LogP contribution in [0.1, 0.15) is 78.1 Å². The van der Waals surface area contributed by atoms with Crippen LogP contribution in [0.15, 0.2) is 48.5 Å². The molecule has 4 rings (SSSR count). The molecule has 0 amide bonds. The highest BCUT2D eigenvalue weighted by Crippen LogP contribution is 2.38. The monoisotopic (exact) mass is 746 g/mol. The summed E-state index contributed by atoms with van der Waals surface area (Å²) in [6, 6.07) is 11.3. The Kier molecular flexibility index (Phi) is 14.1. The van der Waals surface area contributed by atoms with Crippen molar-refractivity contribution in [3.8, 4) is 22.3 Å². The second kappa shape index (κ2) is 18.2. The molecular weight excluding hydrogens is 708 g/mol. The van der Waals surface area contributed by atoms with Crippen molar-refractivity contribution >= 4 is 35.3 Å². The number of non-ortho nitro benzene ring substituents is 1. The Hall–Kier alpha value is -6.62. The van der Waals surface area contributed by atoms with Crippen molar-refractivity contribution in [2.75, 3.05) is 27.4 Å². The first kappa shape index (κ1) is 41.8. The van der Waals surface area contributed by atoms with Crippen LogP contribution in [0, 0.1) is 47.9 Å². The van der Waals surface area contributed by atoms with Gasteiger partial charge in [-0.3, -0.25) is 30.2 Å². The van der Waals surface area contributed by atoms with Crippen LogP contribution in [-0.4, -0.2) is 82.3 Å². The Morgan fingerprint density at radius 3 is 1.80 bits per heavy atom. The van der Waals surface area contributed by atoms with Gasteiger partial charge in [0.15, 0.2) is 0 Å². The molecule has 0 spiro atoms. The summed E-state index contributed by atoms with van der Waals surface area (Å²) in [7, 11) is 2.62. The number of carboxylic acid groups (broad SMARTS) is 1. The molecule has 0 aliphatic heterocycles. The molecule has 0 aliphatic rings. The molecular formula is C37H38N4O13. The van der Waals surface area contributed by atoms with E-state index in [4.69, 9.17) is 18.9 Å². The number of nitrogens with zero attached hydrogens (tertiary/aromatic N) is 4. The van der Waals surface area contributed by atoms with Crippen molar-refractivity contribution in [3.05, 3.63) is 114 Å². The quantitative estimate of drug-likeness (QED) is 0.0542. The van der Waals surface area contributed by atoms with Gasteiger partial charge in [-0.15, -0.1) is 0 Å². The number of benzene rings is 2. The topological polar surface area (TPSA) is 237 Å². The van der Waals surface area contributed by atoms with Crippen molar-refractivity contribution in [2.45, 2.75) is 47.6 Å². The molecule has 0 saturated carbocycles. The Labute approximate surface area is 309 Å². The highest BCUT2D eigenvalue weighted by molar-refractivity contribution is 6.08. The molecule has 17 heteroatoms. The second-order valence-corrected chi connectivity index (χ2v) is 11.8. The number of nitro groups is 2. The Morgan fingerprint density at radius 1 is 0.722 bits per heavy atom. The van der Waals surface area contributed by atoms with Gasteiger partial charge >= 0.3 is 23.9 Å². The highest BCUT2D eigenvalue weighted by Gasteiger charge is 2.31. The number of aromatic carboxylic acids is 1. The first-order valence-electron chi connectivity index (χ1n) is 16.2. The van der Waals surface area contributed by atoms with E-state index in [1.165, 1.54) is 63.4 Å². The van der Waals surface area contributed by atoms with Crippen molar-refractivity contribution in [1.29, 1.82) is 0 Å². The van der Waals surface area contributed by atoms with E-state index in [9.17, 15) is 44.5 Å². The molecule has 284 valence electrons. The maximum absolute atomic E-state index is 12.9. The third-order valence-corrected chi connectivity index (χ3v) is 7.71. The van der Waals surface area contributed by atoms with E-state index in [1.54, 1.807) is 33.8 Å². The molecule has 2 aromatic heterocycles. The summed E-state index contributed by atoms with van der Waals surface area (Å²) in [5.41, 5.74) is 0.775. The summed E-state index contributed by atoms with van der Waals surface area (Å²) in [5, 5.41) is 32.1. The fourth-order valence-electron chi connectivity index (χ4n) is 5.55. The predicted octanol–water partition coefficient (Wildman–Crippen LogP) is 6.40. The van der Waals surface area contributed by atoms with Crippen LogP contribution in [-0.2, 0) is 18.9 Å². The Balaban J connectivity index is 0.000000297. The molecule has 0 atom stereocenters. The van der Waals surface area contributed by atoms with Gasteiger partial charge in [0.2, 0.25) is 0 Å². The van der Waals surface area contributed by atoms with Gasteiger partial charge < -0.3 is 24.1 Å². The van der Waals surface area contributed by atoms with Crippen molar-refractivity contribution in [2.24, 2.45) is 0 Å². The van der Waals surface area contributed by atoms with E-state index in [-0.39, 0.29) is 74.9 Å². The van der Waals surface area contributed by atoms with Crippen molar-refractivity contribution in [1.82, 2.24) is 9.97 Å². The third-order valence-electron chi connectivity index (χ3n) is 7.71. The van der Waals surface area contributed by atoms with Gasteiger partial charge in [-0.05, 0) is 53.2 Å². The lowest BCUT2D eigenvalue weighted by Crippen LogP contribution is -2.20. The van der Waals surface area contributed by atoms with Crippen LogP contribution >= 0.6 is 0 Å². The standard InChI is InChI=1S/C21H24N2O7.C16H14N2O6/c1-12(2)30-21(25)18-14(4)22-13(3)17(20(24)29-10-9-28-5)19(18)15-7-6-8-16(11-15)23(26)27;1-8-12(15(19)20)14(13(9(2)17-8)16(21)24-3)10-6-4-5-7-11(10)18(22)23/h6-8,11-12H,9-10H2,1-5H3;4-7H,1-3H3,(H,19,20). The molecule has 0 bridgehead atoms. The number of pyridine rings is 2. The van der Waals surface area contributed by atoms with Crippen LogP contribution in [0.2, 0.25) is 0 Å². The predicted molar refractivity (Wildman–Crippen MR) is 193 cm³/mol. The zero-order valence-corrected chi connectivity index (χ0v) is 30.7. The van der Waals surface area contributed by atoms with E-state index in [2.05, 4.69) is 9.97 Å². The van der Waals surface area contributed by atoms with Gasteiger partial charge in [0, 0.05) is 36.4 Å². The second-order valence-electron chi connectivity index (χ2n) is 11.8. The number of nitro benzene ring substituents is 2. The number of methoxy groups -OCH3 is 2. The molecule has 2 aromatic carbocycles. The normalized spacial score (nSPS) is 10.5. The summed E-state index contributed by atoms with van der Waals surface area (Å²) in [6.45, 7) is 9.80. The summed E-state index contributed by atoms with van der Waals surface area (Å²) in [4.78, 5) is 79.4. The average Bonchev–Trinajstić information content (AvgIpc) is 3.10. The lowest BCUT2D eigenvalue weighted by atomic mass is 9.91. The number of carboxylic acids is 1. The van der Waals surface area contributed by atoms with Gasteiger partial charge in [0.05, 0.1) is 80.3 Å². The molecule has 4 aromatic rings. The van der Waals surface area contributed by atoms with E-state index < -0.39 is 39.8 Å². The van der Waals surface area contributed by atoms with Gasteiger partial charge in [-0.25, -0.2) is 19.2 Å². The molecule has 0 aliphatic carbocycles. The lowest BCUT2D eigenvalue weighted by molar-refractivity contribution is -0.384. The van der Waals surface area contributed by atoms with E-state index in [0.717, 1.165) is 7.11 Å². The minimum absolute atomic E-state index is 0.00278. The van der Waals surface area contributed by atoms with E-state index in [1.807, 2.05) is 0 Å². The van der Waals surface area contributed by atoms with Crippen LogP contribution in [0.4, 0.5) is 11.4 Å². The summed E-state index contributed by atoms with van der Waals surface area (Å²) < 4.78 is 20.2. The van der Waals surface area contributed by atoms with Gasteiger partial charge in [-0.2, -0.15) is 0 Å². The molecule has 0 fully saturated rings. The summed E-state index contributed by atoms with van der Waals surface area (Å²) in [6.07, 6.45) is -0.409. The Morgan fingerprint density at radius 2 is 1.28 bits per heavy atom. The number of hydrogen-bond acceptors (Lipinski definition) is 14. The number of carbonyl (C=O) groups is 4. The van der Waals surface area contributed by atoms with E-state index >= 15 is 0 Å². The zero-order valence-electron chi connectivity index (χ0n) is 30.7. The summed E-state index contributed by atoms with van der Waals surface area (Å²) in [5.74, 6) is -3.53. The average molecular weight is 747 g/mol. The highest BCUT2D eigenvalue weighted by atomic mass is 16.6. The van der Waals surface area contributed by atoms with E-state index in [0.29, 0.717) is 17.0 Å². The maximum Gasteiger partial charge on any atom is 0.340 e. The van der Waals surface area contributed by atoms with Gasteiger partial charge in [-0.1, -0.05) is 24.3 Å². The molecule has 0 saturated heterocycles. The van der Waals surface area contributed by atoms with Crippen molar-refractivity contribution in [3.63, 3.8) is 0 Å². The first-order valence-corrected chi connectivity index (χ1v) is 16.2. The lowest BCUT2D eigenvalue weighted by Gasteiger charge is -2.19.